The molecule has 4 heteroatoms. The third-order valence-corrected chi connectivity index (χ3v) is 2.42. The van der Waals surface area contributed by atoms with Crippen LogP contribution in [0.5, 0.6) is 5.75 Å². The number of anilines is 1. The van der Waals surface area contributed by atoms with Crippen LogP contribution in [-0.4, -0.2) is 44.9 Å². The van der Waals surface area contributed by atoms with E-state index in [0.29, 0.717) is 6.61 Å². The summed E-state index contributed by atoms with van der Waals surface area (Å²) in [4.78, 5) is 2.18. The van der Waals surface area contributed by atoms with Crippen molar-refractivity contribution in [2.75, 3.05) is 45.7 Å². The number of hydrogen-bond donors (Lipinski definition) is 1. The summed E-state index contributed by atoms with van der Waals surface area (Å²) in [6.07, 6.45) is 0. The first-order chi connectivity index (χ1) is 8.22. The first-order valence-electron chi connectivity index (χ1n) is 5.97. The van der Waals surface area contributed by atoms with E-state index in [0.717, 1.165) is 37.7 Å². The lowest BCUT2D eigenvalue weighted by atomic mass is 10.3. The predicted molar refractivity (Wildman–Crippen MR) is 70.3 cm³/mol. The Kier molecular flexibility index (Phi) is 6.43. The summed E-state index contributed by atoms with van der Waals surface area (Å²) >= 11 is 0. The van der Waals surface area contributed by atoms with Crippen molar-refractivity contribution in [2.45, 2.75) is 6.92 Å². The van der Waals surface area contributed by atoms with Crippen molar-refractivity contribution < 1.29 is 9.47 Å². The van der Waals surface area contributed by atoms with Gasteiger partial charge in [0.2, 0.25) is 0 Å². The van der Waals surface area contributed by atoms with Gasteiger partial charge in [0.25, 0.3) is 0 Å². The van der Waals surface area contributed by atoms with Crippen LogP contribution in [0.4, 0.5) is 5.69 Å². The van der Waals surface area contributed by atoms with Crippen molar-refractivity contribution in [3.63, 3.8) is 0 Å². The van der Waals surface area contributed by atoms with E-state index in [-0.39, 0.29) is 0 Å². The third-order valence-electron chi connectivity index (χ3n) is 2.42. The minimum atomic E-state index is 0.659. The summed E-state index contributed by atoms with van der Waals surface area (Å²) in [6, 6.07) is 7.49. The average Bonchev–Trinajstić information content (AvgIpc) is 2.29. The van der Waals surface area contributed by atoms with Crippen LogP contribution in [0.25, 0.3) is 0 Å². The topological polar surface area (TPSA) is 47.7 Å². The Morgan fingerprint density at radius 2 is 2.00 bits per heavy atom. The molecule has 0 fully saturated rings. The minimum Gasteiger partial charge on any atom is -0.492 e. The number of nitrogens with two attached hydrogens (primary N) is 1. The van der Waals surface area contributed by atoms with E-state index in [9.17, 15) is 0 Å². The first-order valence-corrected chi connectivity index (χ1v) is 5.97. The highest BCUT2D eigenvalue weighted by Gasteiger charge is 1.99. The highest BCUT2D eigenvalue weighted by atomic mass is 16.5. The molecule has 1 rings (SSSR count). The molecule has 1 aromatic carbocycles. The first kappa shape index (κ1) is 13.8. The molecule has 0 spiro atoms. The molecule has 96 valence electrons. The van der Waals surface area contributed by atoms with Gasteiger partial charge in [-0.1, -0.05) is 6.07 Å². The van der Waals surface area contributed by atoms with Gasteiger partial charge in [0.05, 0.1) is 6.61 Å². The molecular weight excluding hydrogens is 216 g/mol. The van der Waals surface area contributed by atoms with Crippen LogP contribution >= 0.6 is 0 Å². The molecule has 2 N–H and O–H groups in total. The standard InChI is InChI=1S/C13H22N2O2/c1-3-16-9-7-15(2)8-10-17-13-6-4-5-12(14)11-13/h4-6,11H,3,7-10,14H2,1-2H3. The fourth-order valence-electron chi connectivity index (χ4n) is 1.40. The van der Waals surface area contributed by atoms with E-state index >= 15 is 0 Å². The van der Waals surface area contributed by atoms with E-state index in [1.165, 1.54) is 0 Å². The zero-order valence-corrected chi connectivity index (χ0v) is 10.7. The van der Waals surface area contributed by atoms with Gasteiger partial charge in [-0.15, -0.1) is 0 Å². The summed E-state index contributed by atoms with van der Waals surface area (Å²) in [5.74, 6) is 0.822. The summed E-state index contributed by atoms with van der Waals surface area (Å²) in [6.45, 7) is 6.00. The quantitative estimate of drug-likeness (QED) is 0.552. The minimum absolute atomic E-state index is 0.659. The Balaban J connectivity index is 2.14. The second-order valence-electron chi connectivity index (χ2n) is 3.92. The fourth-order valence-corrected chi connectivity index (χ4v) is 1.40. The number of nitrogen functional groups attached to an aromatic ring is 1. The second-order valence-corrected chi connectivity index (χ2v) is 3.92. The number of ether oxygens (including phenoxy) is 2. The fraction of sp³-hybridized carbons (Fsp3) is 0.538. The van der Waals surface area contributed by atoms with Gasteiger partial charge < -0.3 is 20.1 Å². The van der Waals surface area contributed by atoms with Crippen molar-refractivity contribution in [3.8, 4) is 5.75 Å². The van der Waals surface area contributed by atoms with Gasteiger partial charge in [0.1, 0.15) is 12.4 Å². The largest absolute Gasteiger partial charge is 0.492 e. The normalized spacial score (nSPS) is 10.8. The number of rotatable bonds is 8. The Labute approximate surface area is 103 Å². The molecule has 0 atom stereocenters. The zero-order chi connectivity index (χ0) is 12.5. The molecule has 0 heterocycles. The maximum atomic E-state index is 5.66. The second kappa shape index (κ2) is 7.92. The van der Waals surface area contributed by atoms with Gasteiger partial charge in [-0.05, 0) is 26.1 Å². The molecule has 1 aromatic rings. The van der Waals surface area contributed by atoms with Gasteiger partial charge in [-0.2, -0.15) is 0 Å². The highest BCUT2D eigenvalue weighted by Crippen LogP contribution is 2.13. The summed E-state index contributed by atoms with van der Waals surface area (Å²) in [5.41, 5.74) is 6.39. The maximum Gasteiger partial charge on any atom is 0.121 e. The third kappa shape index (κ3) is 6.14. The van der Waals surface area contributed by atoms with E-state index in [4.69, 9.17) is 15.2 Å². The highest BCUT2D eigenvalue weighted by molar-refractivity contribution is 5.43. The van der Waals surface area contributed by atoms with Crippen molar-refractivity contribution in [3.05, 3.63) is 24.3 Å². The molecular formula is C13H22N2O2. The van der Waals surface area contributed by atoms with Gasteiger partial charge >= 0.3 is 0 Å². The van der Waals surface area contributed by atoms with Gasteiger partial charge in [0.15, 0.2) is 0 Å². The Morgan fingerprint density at radius 1 is 1.24 bits per heavy atom. The molecule has 0 saturated carbocycles. The van der Waals surface area contributed by atoms with Crippen LogP contribution < -0.4 is 10.5 Å². The zero-order valence-electron chi connectivity index (χ0n) is 10.7. The van der Waals surface area contributed by atoms with Crippen molar-refractivity contribution >= 4 is 5.69 Å². The van der Waals surface area contributed by atoms with E-state index in [2.05, 4.69) is 11.9 Å². The van der Waals surface area contributed by atoms with Crippen LogP contribution in [0.15, 0.2) is 24.3 Å². The Hall–Kier alpha value is -1.26. The molecule has 17 heavy (non-hydrogen) atoms. The van der Waals surface area contributed by atoms with Gasteiger partial charge in [-0.25, -0.2) is 0 Å². The van der Waals surface area contributed by atoms with Gasteiger partial charge in [-0.3, -0.25) is 0 Å². The van der Waals surface area contributed by atoms with Crippen LogP contribution in [-0.2, 0) is 4.74 Å². The maximum absolute atomic E-state index is 5.66. The molecule has 0 aromatic heterocycles. The monoisotopic (exact) mass is 238 g/mol. The van der Waals surface area contributed by atoms with Crippen LogP contribution in [0, 0.1) is 0 Å². The average molecular weight is 238 g/mol. The SMILES string of the molecule is CCOCCN(C)CCOc1cccc(N)c1. The summed E-state index contributed by atoms with van der Waals surface area (Å²) in [7, 11) is 2.06. The van der Waals surface area contributed by atoms with Crippen LogP contribution in [0.2, 0.25) is 0 Å². The summed E-state index contributed by atoms with van der Waals surface area (Å²) in [5, 5.41) is 0. The number of hydrogen-bond acceptors (Lipinski definition) is 4. The number of benzene rings is 1. The van der Waals surface area contributed by atoms with E-state index in [1.807, 2.05) is 31.2 Å². The van der Waals surface area contributed by atoms with Crippen LogP contribution in [0.1, 0.15) is 6.92 Å². The molecule has 0 amide bonds. The van der Waals surface area contributed by atoms with Crippen molar-refractivity contribution in [2.24, 2.45) is 0 Å². The van der Waals surface area contributed by atoms with Crippen molar-refractivity contribution in [1.29, 1.82) is 0 Å². The molecule has 4 nitrogen and oxygen atoms in total. The molecule has 0 unspecified atom stereocenters. The number of likely N-dealkylation sites (N-methyl/N-ethyl adjacent to an activating group) is 1. The molecule has 0 aliphatic heterocycles. The Morgan fingerprint density at radius 3 is 2.71 bits per heavy atom. The van der Waals surface area contributed by atoms with E-state index in [1.54, 1.807) is 0 Å². The number of nitrogens with zero attached hydrogens (tertiary/aromatic N) is 1. The lowest BCUT2D eigenvalue weighted by molar-refractivity contribution is 0.116. The lowest BCUT2D eigenvalue weighted by Crippen LogP contribution is -2.27. The smallest absolute Gasteiger partial charge is 0.121 e. The van der Waals surface area contributed by atoms with E-state index < -0.39 is 0 Å². The molecule has 0 radical (unpaired) electrons. The van der Waals surface area contributed by atoms with Gasteiger partial charge in [0, 0.05) is 31.5 Å². The molecule has 0 aliphatic carbocycles. The molecule has 0 aliphatic rings. The molecule has 0 saturated heterocycles. The lowest BCUT2D eigenvalue weighted by Gasteiger charge is -2.16. The Bertz CT molecular complexity index is 318. The van der Waals surface area contributed by atoms with Crippen molar-refractivity contribution in [1.82, 2.24) is 4.90 Å². The van der Waals surface area contributed by atoms with Crippen LogP contribution in [0.3, 0.4) is 0 Å². The predicted octanol–water partition coefficient (Wildman–Crippen LogP) is 1.62. The summed E-state index contributed by atoms with van der Waals surface area (Å²) < 4.78 is 10.9. The molecule has 0 bridgehead atoms.